The van der Waals surface area contributed by atoms with E-state index in [1.807, 2.05) is 19.1 Å². The first-order valence-electron chi connectivity index (χ1n) is 9.54. The molecule has 0 fully saturated rings. The van der Waals surface area contributed by atoms with Gasteiger partial charge in [-0.15, -0.1) is 0 Å². The van der Waals surface area contributed by atoms with Crippen molar-refractivity contribution in [2.24, 2.45) is 12.2 Å². The lowest BCUT2D eigenvalue weighted by atomic mass is 9.83. The topological polar surface area (TPSA) is 88.7 Å². The van der Waals surface area contributed by atoms with Crippen LogP contribution in [0.1, 0.15) is 34.6 Å². The molecule has 0 saturated carbocycles. The highest BCUT2D eigenvalue weighted by Crippen LogP contribution is 2.33. The van der Waals surface area contributed by atoms with Crippen LogP contribution in [0.2, 0.25) is 5.02 Å². The smallest absolute Gasteiger partial charge is 0.250 e. The van der Waals surface area contributed by atoms with Gasteiger partial charge in [0.25, 0.3) is 0 Å². The van der Waals surface area contributed by atoms with Crippen LogP contribution in [0.5, 0.6) is 0 Å². The van der Waals surface area contributed by atoms with Crippen LogP contribution >= 0.6 is 11.6 Å². The number of aryl methyl sites for hydroxylation is 2. The number of halogens is 1. The standard InChI is InChI=1S/C23H23ClN2O4S/c1-15-12-18(24)7-10-20(15)21(16-4-8-19(9-5-16)31(3,29)30)13-22(25-28)17-6-11-23(27)26(2)14-17/h4-12,14,21,28H,13H2,1-3H3/b25-22+/t21-/m1/s1. The molecule has 1 heterocycles. The molecule has 0 bridgehead atoms. The molecule has 0 spiro atoms. The van der Waals surface area contributed by atoms with Crippen LogP contribution in [-0.2, 0) is 16.9 Å². The Kier molecular flexibility index (Phi) is 6.67. The van der Waals surface area contributed by atoms with E-state index in [-0.39, 0.29) is 16.4 Å². The zero-order valence-corrected chi connectivity index (χ0v) is 19.0. The molecule has 1 atom stereocenters. The number of pyridine rings is 1. The van der Waals surface area contributed by atoms with Crippen molar-refractivity contribution in [3.8, 4) is 0 Å². The summed E-state index contributed by atoms with van der Waals surface area (Å²) < 4.78 is 25.1. The molecule has 3 rings (SSSR count). The summed E-state index contributed by atoms with van der Waals surface area (Å²) in [5, 5.41) is 13.9. The summed E-state index contributed by atoms with van der Waals surface area (Å²) in [6, 6.07) is 15.3. The molecule has 31 heavy (non-hydrogen) atoms. The lowest BCUT2D eigenvalue weighted by molar-refractivity contribution is 0.317. The van der Waals surface area contributed by atoms with Gasteiger partial charge in [0, 0.05) is 48.5 Å². The van der Waals surface area contributed by atoms with Gasteiger partial charge in [-0.2, -0.15) is 0 Å². The highest BCUT2D eigenvalue weighted by molar-refractivity contribution is 7.90. The zero-order valence-electron chi connectivity index (χ0n) is 17.4. The maximum atomic E-state index is 11.8. The summed E-state index contributed by atoms with van der Waals surface area (Å²) in [4.78, 5) is 12.0. The van der Waals surface area contributed by atoms with Crippen molar-refractivity contribution in [2.75, 3.05) is 6.26 Å². The molecular formula is C23H23ClN2O4S. The first-order chi connectivity index (χ1) is 14.6. The highest BCUT2D eigenvalue weighted by Gasteiger charge is 2.21. The van der Waals surface area contributed by atoms with E-state index in [1.165, 1.54) is 16.9 Å². The van der Waals surface area contributed by atoms with Crippen LogP contribution in [0.3, 0.4) is 0 Å². The van der Waals surface area contributed by atoms with Gasteiger partial charge >= 0.3 is 0 Å². The lowest BCUT2D eigenvalue weighted by Crippen LogP contribution is -2.18. The van der Waals surface area contributed by atoms with Crippen molar-refractivity contribution < 1.29 is 13.6 Å². The molecule has 1 aromatic heterocycles. The summed E-state index contributed by atoms with van der Waals surface area (Å²) in [5.41, 5.74) is 3.66. The van der Waals surface area contributed by atoms with Crippen LogP contribution in [0.4, 0.5) is 0 Å². The number of nitrogens with zero attached hydrogens (tertiary/aromatic N) is 2. The van der Waals surface area contributed by atoms with Crippen molar-refractivity contribution in [1.29, 1.82) is 0 Å². The van der Waals surface area contributed by atoms with E-state index >= 15 is 0 Å². The SMILES string of the molecule is Cc1cc(Cl)ccc1[C@H](C/C(=N\O)c1ccc(=O)n(C)c1)c1ccc(S(C)(=O)=O)cc1. The second-order valence-electron chi connectivity index (χ2n) is 7.51. The fourth-order valence-electron chi connectivity index (χ4n) is 3.56. The van der Waals surface area contributed by atoms with Crippen molar-refractivity contribution in [3.05, 3.63) is 98.4 Å². The van der Waals surface area contributed by atoms with Crippen LogP contribution in [0.25, 0.3) is 0 Å². The molecule has 1 N–H and O–H groups in total. The van der Waals surface area contributed by atoms with E-state index in [0.29, 0.717) is 22.7 Å². The molecule has 0 aliphatic heterocycles. The molecule has 0 unspecified atom stereocenters. The third kappa shape index (κ3) is 5.24. The van der Waals surface area contributed by atoms with Gasteiger partial charge in [0.1, 0.15) is 0 Å². The Hall–Kier alpha value is -2.90. The molecule has 6 nitrogen and oxygen atoms in total. The summed E-state index contributed by atoms with van der Waals surface area (Å²) in [6.45, 7) is 1.95. The average Bonchev–Trinajstić information content (AvgIpc) is 2.71. The predicted octanol–water partition coefficient (Wildman–Crippen LogP) is 4.15. The fraction of sp³-hybridized carbons (Fsp3) is 0.217. The Morgan fingerprint density at radius 1 is 1.13 bits per heavy atom. The van der Waals surface area contributed by atoms with E-state index in [0.717, 1.165) is 16.7 Å². The van der Waals surface area contributed by atoms with Gasteiger partial charge in [0.2, 0.25) is 5.56 Å². The van der Waals surface area contributed by atoms with Gasteiger partial charge in [-0.25, -0.2) is 8.42 Å². The maximum Gasteiger partial charge on any atom is 0.250 e. The van der Waals surface area contributed by atoms with Crippen LogP contribution in [-0.4, -0.2) is 30.2 Å². The number of hydrogen-bond donors (Lipinski definition) is 1. The second kappa shape index (κ2) is 9.08. The van der Waals surface area contributed by atoms with E-state index in [9.17, 15) is 18.4 Å². The first kappa shape index (κ1) is 22.8. The molecule has 0 amide bonds. The van der Waals surface area contributed by atoms with E-state index in [1.54, 1.807) is 49.6 Å². The van der Waals surface area contributed by atoms with Gasteiger partial charge in [-0.05, 0) is 53.9 Å². The van der Waals surface area contributed by atoms with E-state index < -0.39 is 9.84 Å². The third-order valence-electron chi connectivity index (χ3n) is 5.26. The van der Waals surface area contributed by atoms with Gasteiger partial charge in [0.05, 0.1) is 10.6 Å². The average molecular weight is 459 g/mol. The second-order valence-corrected chi connectivity index (χ2v) is 9.96. The minimum Gasteiger partial charge on any atom is -0.411 e. The Balaban J connectivity index is 2.09. The number of benzene rings is 2. The summed E-state index contributed by atoms with van der Waals surface area (Å²) in [7, 11) is -1.69. The molecule has 2 aromatic carbocycles. The number of aromatic nitrogens is 1. The normalized spacial score (nSPS) is 13.2. The van der Waals surface area contributed by atoms with Crippen molar-refractivity contribution in [1.82, 2.24) is 4.57 Å². The van der Waals surface area contributed by atoms with Crippen LogP contribution in [0.15, 0.2) is 75.6 Å². The van der Waals surface area contributed by atoms with Gasteiger partial charge < -0.3 is 9.77 Å². The van der Waals surface area contributed by atoms with Gasteiger partial charge in [0.15, 0.2) is 9.84 Å². The minimum absolute atomic E-state index is 0.164. The Bertz CT molecular complexity index is 1300. The number of sulfone groups is 1. The fourth-order valence-corrected chi connectivity index (χ4v) is 4.42. The Morgan fingerprint density at radius 2 is 1.81 bits per heavy atom. The van der Waals surface area contributed by atoms with Crippen molar-refractivity contribution in [2.45, 2.75) is 24.2 Å². The van der Waals surface area contributed by atoms with Crippen molar-refractivity contribution >= 4 is 27.1 Å². The maximum absolute atomic E-state index is 11.8. The molecule has 8 heteroatoms. The Labute approximate surface area is 186 Å². The Morgan fingerprint density at radius 3 is 2.35 bits per heavy atom. The molecule has 162 valence electrons. The number of hydrogen-bond acceptors (Lipinski definition) is 5. The lowest BCUT2D eigenvalue weighted by Gasteiger charge is -2.21. The van der Waals surface area contributed by atoms with Crippen LogP contribution < -0.4 is 5.56 Å². The largest absolute Gasteiger partial charge is 0.411 e. The van der Waals surface area contributed by atoms with E-state index in [2.05, 4.69) is 5.16 Å². The number of rotatable bonds is 6. The zero-order chi connectivity index (χ0) is 22.8. The molecule has 0 aliphatic rings. The minimum atomic E-state index is -3.32. The molecule has 3 aromatic rings. The number of oxime groups is 1. The summed E-state index contributed by atoms with van der Waals surface area (Å²) >= 11 is 6.14. The summed E-state index contributed by atoms with van der Waals surface area (Å²) in [6.07, 6.45) is 3.12. The monoisotopic (exact) mass is 458 g/mol. The third-order valence-corrected chi connectivity index (χ3v) is 6.62. The molecular weight excluding hydrogens is 436 g/mol. The van der Waals surface area contributed by atoms with Gasteiger partial charge in [-0.3, -0.25) is 4.79 Å². The summed E-state index contributed by atoms with van der Waals surface area (Å²) in [5.74, 6) is -0.228. The first-order valence-corrected chi connectivity index (χ1v) is 11.8. The highest BCUT2D eigenvalue weighted by atomic mass is 35.5. The molecule has 0 aliphatic carbocycles. The quantitative estimate of drug-likeness (QED) is 0.341. The molecule has 0 saturated heterocycles. The van der Waals surface area contributed by atoms with Gasteiger partial charge in [-0.1, -0.05) is 35.0 Å². The van der Waals surface area contributed by atoms with Crippen LogP contribution in [0, 0.1) is 6.92 Å². The van der Waals surface area contributed by atoms with E-state index in [4.69, 9.17) is 11.6 Å². The van der Waals surface area contributed by atoms with Crippen molar-refractivity contribution in [3.63, 3.8) is 0 Å². The molecule has 0 radical (unpaired) electrons. The predicted molar refractivity (Wildman–Crippen MR) is 122 cm³/mol.